The number of aryl methyl sites for hydroxylation is 1. The molecule has 0 aromatic heterocycles. The number of hydrogen-bond acceptors (Lipinski definition) is 7. The lowest BCUT2D eigenvalue weighted by molar-refractivity contribution is -0.192. The van der Waals surface area contributed by atoms with Gasteiger partial charge in [-0.2, -0.15) is 17.5 Å². The van der Waals surface area contributed by atoms with Crippen molar-refractivity contribution in [3.8, 4) is 0 Å². The molecule has 0 spiro atoms. The van der Waals surface area contributed by atoms with Crippen LogP contribution in [0.1, 0.15) is 22.3 Å². The number of carboxylic acid groups (broad SMARTS) is 1. The lowest BCUT2D eigenvalue weighted by atomic mass is 10.1. The topological polar surface area (TPSA) is 119 Å². The Kier molecular flexibility index (Phi) is 12.2. The minimum absolute atomic E-state index is 0.0396. The largest absolute Gasteiger partial charge is 0.490 e. The van der Waals surface area contributed by atoms with Gasteiger partial charge in [-0.15, -0.1) is 0 Å². The van der Waals surface area contributed by atoms with Crippen LogP contribution in [0.15, 0.2) is 24.3 Å². The first kappa shape index (κ1) is 31.0. The van der Waals surface area contributed by atoms with Crippen molar-refractivity contribution in [2.45, 2.75) is 19.5 Å². The number of hydrogen-bond donors (Lipinski definition) is 2. The molecule has 2 heterocycles. The van der Waals surface area contributed by atoms with Crippen LogP contribution >= 0.6 is 0 Å². The highest BCUT2D eigenvalue weighted by atomic mass is 32.2. The number of rotatable bonds is 9. The van der Waals surface area contributed by atoms with Crippen molar-refractivity contribution in [2.75, 3.05) is 77.9 Å². The van der Waals surface area contributed by atoms with Gasteiger partial charge in [0.1, 0.15) is 0 Å². The number of carbonyl (C=O) groups is 2. The molecule has 1 aromatic carbocycles. The Morgan fingerprint density at radius 3 is 2.30 bits per heavy atom. The van der Waals surface area contributed by atoms with Crippen molar-refractivity contribution in [2.24, 2.45) is 0 Å². The van der Waals surface area contributed by atoms with Crippen LogP contribution < -0.4 is 5.32 Å². The van der Waals surface area contributed by atoms with E-state index in [1.54, 1.807) is 11.0 Å². The second-order valence-corrected chi connectivity index (χ2v) is 10.8. The molecule has 0 unspecified atom stereocenters. The molecule has 3 rings (SSSR count). The van der Waals surface area contributed by atoms with Crippen molar-refractivity contribution >= 4 is 21.9 Å². The average Bonchev–Trinajstić information content (AvgIpc) is 2.86. The summed E-state index contributed by atoms with van der Waals surface area (Å²) in [6.45, 7) is 9.21. The maximum Gasteiger partial charge on any atom is 0.490 e. The van der Waals surface area contributed by atoms with Crippen LogP contribution in [0.4, 0.5) is 13.2 Å². The van der Waals surface area contributed by atoms with Crippen LogP contribution in [-0.4, -0.2) is 124 Å². The van der Waals surface area contributed by atoms with Crippen molar-refractivity contribution in [3.05, 3.63) is 35.4 Å². The van der Waals surface area contributed by atoms with E-state index in [-0.39, 0.29) is 18.2 Å². The summed E-state index contributed by atoms with van der Waals surface area (Å²) < 4.78 is 64.2. The minimum Gasteiger partial charge on any atom is -0.475 e. The number of alkyl halides is 3. The Morgan fingerprint density at radius 1 is 1.11 bits per heavy atom. The number of nitrogens with one attached hydrogen (secondary N) is 1. The number of piperazine rings is 1. The molecule has 10 nitrogen and oxygen atoms in total. The van der Waals surface area contributed by atoms with E-state index in [2.05, 4.69) is 10.2 Å². The van der Waals surface area contributed by atoms with E-state index in [1.807, 2.05) is 25.1 Å². The van der Waals surface area contributed by atoms with Gasteiger partial charge in [0, 0.05) is 64.5 Å². The molecule has 0 radical (unpaired) electrons. The van der Waals surface area contributed by atoms with E-state index in [1.165, 1.54) is 4.31 Å². The number of morpholine rings is 1. The monoisotopic (exact) mass is 552 g/mol. The number of nitrogens with zero attached hydrogens (tertiary/aromatic N) is 3. The molecule has 14 heteroatoms. The van der Waals surface area contributed by atoms with Gasteiger partial charge in [-0.05, 0) is 25.5 Å². The van der Waals surface area contributed by atoms with E-state index < -0.39 is 22.2 Å². The summed E-state index contributed by atoms with van der Waals surface area (Å²) in [7, 11) is -3.38. The first-order chi connectivity index (χ1) is 17.4. The number of aliphatic carboxylic acids is 1. The van der Waals surface area contributed by atoms with Gasteiger partial charge in [0.05, 0.1) is 19.0 Å². The Bertz CT molecular complexity index is 981. The fourth-order valence-electron chi connectivity index (χ4n) is 3.86. The summed E-state index contributed by atoms with van der Waals surface area (Å²) in [4.78, 5) is 26.1. The zero-order valence-electron chi connectivity index (χ0n) is 20.9. The maximum absolute atomic E-state index is 13.1. The Morgan fingerprint density at radius 2 is 1.73 bits per heavy atom. The molecule has 2 saturated heterocycles. The molecule has 210 valence electrons. The molecule has 2 aliphatic rings. The van der Waals surface area contributed by atoms with Gasteiger partial charge in [-0.1, -0.05) is 17.7 Å². The maximum atomic E-state index is 13.1. The Balaban J connectivity index is 0.000000604. The van der Waals surface area contributed by atoms with E-state index in [4.69, 9.17) is 14.6 Å². The summed E-state index contributed by atoms with van der Waals surface area (Å²) in [5.41, 5.74) is 1.63. The standard InChI is InChI=1S/C21H34N4O4S.C2HF3O2/c1-19-4-2-5-20(18-19)21(26)24(9-3-8-23-12-15-29-16-13-23)14-17-30(27,28)25-10-6-22-7-11-25;3-2(4,5)1(6)7/h2,4-5,18,22H,3,6-17H2,1H3;(H,6,7). The molecule has 0 atom stereocenters. The van der Waals surface area contributed by atoms with Gasteiger partial charge in [-0.25, -0.2) is 13.2 Å². The summed E-state index contributed by atoms with van der Waals surface area (Å²) in [5.74, 6) is -2.90. The first-order valence-electron chi connectivity index (χ1n) is 12.0. The predicted molar refractivity (Wildman–Crippen MR) is 131 cm³/mol. The van der Waals surface area contributed by atoms with Crippen LogP contribution in [0.2, 0.25) is 0 Å². The van der Waals surface area contributed by atoms with Crippen LogP contribution in [-0.2, 0) is 19.6 Å². The second-order valence-electron chi connectivity index (χ2n) is 8.74. The summed E-state index contributed by atoms with van der Waals surface area (Å²) >= 11 is 0. The summed E-state index contributed by atoms with van der Waals surface area (Å²) in [6, 6.07) is 7.48. The zero-order valence-corrected chi connectivity index (χ0v) is 21.7. The van der Waals surface area contributed by atoms with Gasteiger partial charge >= 0.3 is 12.1 Å². The lowest BCUT2D eigenvalue weighted by Gasteiger charge is -2.30. The molecule has 37 heavy (non-hydrogen) atoms. The highest BCUT2D eigenvalue weighted by Gasteiger charge is 2.38. The Labute approximate surface area is 215 Å². The third-order valence-electron chi connectivity index (χ3n) is 5.89. The van der Waals surface area contributed by atoms with Crippen LogP contribution in [0.25, 0.3) is 0 Å². The summed E-state index contributed by atoms with van der Waals surface area (Å²) in [5, 5.41) is 10.3. The predicted octanol–water partition coefficient (Wildman–Crippen LogP) is 1.03. The molecule has 0 bridgehead atoms. The molecule has 2 fully saturated rings. The smallest absolute Gasteiger partial charge is 0.475 e. The first-order valence-corrected chi connectivity index (χ1v) is 13.7. The minimum atomic E-state index is -5.08. The van der Waals surface area contributed by atoms with E-state index >= 15 is 0 Å². The highest BCUT2D eigenvalue weighted by Crippen LogP contribution is 2.13. The quantitative estimate of drug-likeness (QED) is 0.466. The molecule has 2 N–H and O–H groups in total. The van der Waals surface area contributed by atoms with Crippen molar-refractivity contribution in [3.63, 3.8) is 0 Å². The van der Waals surface area contributed by atoms with Crippen LogP contribution in [0.5, 0.6) is 0 Å². The van der Waals surface area contributed by atoms with Crippen molar-refractivity contribution in [1.29, 1.82) is 0 Å². The number of carbonyl (C=O) groups excluding carboxylic acids is 1. The Hall–Kier alpha value is -2.26. The van der Waals surface area contributed by atoms with E-state index in [0.717, 1.165) is 44.8 Å². The third kappa shape index (κ3) is 10.9. The second kappa shape index (κ2) is 14.6. The highest BCUT2D eigenvalue weighted by molar-refractivity contribution is 7.89. The molecule has 0 saturated carbocycles. The average molecular weight is 553 g/mol. The van der Waals surface area contributed by atoms with Gasteiger partial charge in [0.25, 0.3) is 5.91 Å². The van der Waals surface area contributed by atoms with Crippen LogP contribution in [0.3, 0.4) is 0 Å². The van der Waals surface area contributed by atoms with Gasteiger partial charge in [-0.3, -0.25) is 9.69 Å². The molecule has 1 amide bonds. The molecular formula is C23H35F3N4O6S. The molecule has 0 aliphatic carbocycles. The number of sulfonamides is 1. The van der Waals surface area contributed by atoms with Crippen molar-refractivity contribution in [1.82, 2.24) is 19.4 Å². The van der Waals surface area contributed by atoms with Crippen molar-refractivity contribution < 1.29 is 41.0 Å². The molecular weight excluding hydrogens is 517 g/mol. The summed E-state index contributed by atoms with van der Waals surface area (Å²) in [6.07, 6.45) is -4.27. The number of carboxylic acids is 1. The van der Waals surface area contributed by atoms with Gasteiger partial charge in [0.15, 0.2) is 0 Å². The normalized spacial score (nSPS) is 17.5. The number of ether oxygens (including phenoxy) is 1. The molecule has 2 aliphatic heterocycles. The number of benzene rings is 1. The number of amides is 1. The van der Waals surface area contributed by atoms with E-state index in [9.17, 15) is 26.4 Å². The molecule has 1 aromatic rings. The van der Waals surface area contributed by atoms with Gasteiger partial charge < -0.3 is 20.1 Å². The van der Waals surface area contributed by atoms with Gasteiger partial charge in [0.2, 0.25) is 10.0 Å². The number of halogens is 3. The fourth-order valence-corrected chi connectivity index (χ4v) is 5.31. The SMILES string of the molecule is Cc1cccc(C(=O)N(CCCN2CCOCC2)CCS(=O)(=O)N2CCNCC2)c1.O=C(O)C(F)(F)F. The lowest BCUT2D eigenvalue weighted by Crippen LogP contribution is -2.48. The van der Waals surface area contributed by atoms with E-state index in [0.29, 0.717) is 38.3 Å². The third-order valence-corrected chi connectivity index (χ3v) is 7.74. The van der Waals surface area contributed by atoms with Crippen LogP contribution in [0, 0.1) is 6.92 Å². The fraction of sp³-hybridized carbons (Fsp3) is 0.652. The zero-order chi connectivity index (χ0) is 27.5.